The van der Waals surface area contributed by atoms with Crippen molar-refractivity contribution in [1.82, 2.24) is 5.32 Å². The number of hydrogen-bond donors (Lipinski definition) is 2. The molecule has 0 saturated heterocycles. The largest absolute Gasteiger partial charge is 0.488 e. The average molecular weight is 409 g/mol. The quantitative estimate of drug-likeness (QED) is 0.694. The van der Waals surface area contributed by atoms with Gasteiger partial charge in [-0.05, 0) is 62.4 Å². The Morgan fingerprint density at radius 3 is 2.50 bits per heavy atom. The molecule has 0 bridgehead atoms. The predicted octanol–water partition coefficient (Wildman–Crippen LogP) is 2.85. The fraction of sp³-hybridized carbons (Fsp3) is 0.571. The summed E-state index contributed by atoms with van der Waals surface area (Å²) in [6, 6.07) is 4.77. The fourth-order valence-electron chi connectivity index (χ4n) is 1.82. The number of halogens is 2. The van der Waals surface area contributed by atoms with Crippen LogP contribution in [0.15, 0.2) is 21.1 Å². The third-order valence-electron chi connectivity index (χ3n) is 3.01. The SMILES string of the molecule is COCC(O)COc1c(Br)cc(CNC2CC2)cc1Br. The molecule has 1 unspecified atom stereocenters. The Kier molecular flexibility index (Phi) is 6.29. The van der Waals surface area contributed by atoms with Crippen LogP contribution in [0.3, 0.4) is 0 Å². The van der Waals surface area contributed by atoms with E-state index in [-0.39, 0.29) is 13.2 Å². The summed E-state index contributed by atoms with van der Waals surface area (Å²) < 4.78 is 12.3. The first-order valence-corrected chi connectivity index (χ1v) is 8.20. The minimum absolute atomic E-state index is 0.199. The van der Waals surface area contributed by atoms with Gasteiger partial charge in [-0.1, -0.05) is 0 Å². The summed E-state index contributed by atoms with van der Waals surface area (Å²) in [5.41, 5.74) is 1.19. The van der Waals surface area contributed by atoms with E-state index in [1.807, 2.05) is 12.1 Å². The molecule has 0 radical (unpaired) electrons. The Balaban J connectivity index is 1.94. The van der Waals surface area contributed by atoms with Crippen molar-refractivity contribution in [3.63, 3.8) is 0 Å². The molecule has 20 heavy (non-hydrogen) atoms. The number of aliphatic hydroxyl groups is 1. The lowest BCUT2D eigenvalue weighted by Gasteiger charge is -2.15. The fourth-order valence-corrected chi connectivity index (χ4v) is 3.33. The zero-order valence-electron chi connectivity index (χ0n) is 11.4. The van der Waals surface area contributed by atoms with Gasteiger partial charge in [-0.25, -0.2) is 0 Å². The molecule has 0 amide bonds. The maximum atomic E-state index is 9.61. The van der Waals surface area contributed by atoms with Gasteiger partial charge in [0.15, 0.2) is 0 Å². The first kappa shape index (κ1) is 16.2. The highest BCUT2D eigenvalue weighted by Crippen LogP contribution is 2.35. The average Bonchev–Trinajstić information content (AvgIpc) is 3.19. The Morgan fingerprint density at radius 1 is 1.30 bits per heavy atom. The predicted molar refractivity (Wildman–Crippen MR) is 85.1 cm³/mol. The lowest BCUT2D eigenvalue weighted by atomic mass is 10.2. The highest BCUT2D eigenvalue weighted by molar-refractivity contribution is 9.11. The summed E-state index contributed by atoms with van der Waals surface area (Å²) in [6.07, 6.45) is 1.93. The molecule has 1 fully saturated rings. The second-order valence-electron chi connectivity index (χ2n) is 4.96. The van der Waals surface area contributed by atoms with E-state index in [0.717, 1.165) is 15.5 Å². The van der Waals surface area contributed by atoms with E-state index in [4.69, 9.17) is 9.47 Å². The van der Waals surface area contributed by atoms with Gasteiger partial charge in [-0.15, -0.1) is 0 Å². The highest BCUT2D eigenvalue weighted by atomic mass is 79.9. The van der Waals surface area contributed by atoms with Crippen LogP contribution in [-0.2, 0) is 11.3 Å². The van der Waals surface area contributed by atoms with Crippen LogP contribution in [0.1, 0.15) is 18.4 Å². The van der Waals surface area contributed by atoms with Crippen molar-refractivity contribution in [2.45, 2.75) is 31.5 Å². The van der Waals surface area contributed by atoms with Crippen molar-refractivity contribution in [1.29, 1.82) is 0 Å². The molecule has 4 nitrogen and oxygen atoms in total. The zero-order valence-corrected chi connectivity index (χ0v) is 14.5. The Hall–Kier alpha value is -0.140. The number of nitrogens with one attached hydrogen (secondary N) is 1. The normalized spacial score (nSPS) is 16.2. The van der Waals surface area contributed by atoms with Gasteiger partial charge in [0.1, 0.15) is 18.5 Å². The summed E-state index contributed by atoms with van der Waals surface area (Å²) in [6.45, 7) is 1.32. The number of ether oxygens (including phenoxy) is 2. The van der Waals surface area contributed by atoms with Crippen LogP contribution in [-0.4, -0.2) is 37.6 Å². The zero-order chi connectivity index (χ0) is 14.5. The molecule has 2 rings (SSSR count). The molecule has 1 aliphatic carbocycles. The van der Waals surface area contributed by atoms with E-state index >= 15 is 0 Å². The number of rotatable bonds is 8. The third kappa shape index (κ3) is 5.00. The van der Waals surface area contributed by atoms with Crippen LogP contribution in [0.4, 0.5) is 0 Å². The van der Waals surface area contributed by atoms with Gasteiger partial charge in [0.05, 0.1) is 15.6 Å². The van der Waals surface area contributed by atoms with Crippen LogP contribution in [0.2, 0.25) is 0 Å². The van der Waals surface area contributed by atoms with Gasteiger partial charge in [0, 0.05) is 19.7 Å². The van der Waals surface area contributed by atoms with Crippen LogP contribution in [0.25, 0.3) is 0 Å². The highest BCUT2D eigenvalue weighted by Gasteiger charge is 2.20. The van der Waals surface area contributed by atoms with Crippen molar-refractivity contribution in [2.75, 3.05) is 20.3 Å². The molecule has 6 heteroatoms. The van der Waals surface area contributed by atoms with E-state index in [9.17, 15) is 5.11 Å². The van der Waals surface area contributed by atoms with Crippen LogP contribution in [0, 0.1) is 0 Å². The van der Waals surface area contributed by atoms with Crippen LogP contribution >= 0.6 is 31.9 Å². The van der Waals surface area contributed by atoms with E-state index < -0.39 is 6.10 Å². The van der Waals surface area contributed by atoms with Crippen molar-refractivity contribution in [2.24, 2.45) is 0 Å². The van der Waals surface area contributed by atoms with Gasteiger partial charge >= 0.3 is 0 Å². The number of aliphatic hydroxyl groups excluding tert-OH is 1. The van der Waals surface area contributed by atoms with E-state index in [2.05, 4.69) is 37.2 Å². The molecule has 1 aromatic rings. The maximum absolute atomic E-state index is 9.61. The summed E-state index contributed by atoms with van der Waals surface area (Å²) in [5.74, 6) is 0.704. The molecule has 0 aliphatic heterocycles. The first-order chi connectivity index (χ1) is 9.60. The Bertz CT molecular complexity index is 429. The molecule has 0 aromatic heterocycles. The van der Waals surface area contributed by atoms with Crippen molar-refractivity contribution in [3.05, 3.63) is 26.6 Å². The van der Waals surface area contributed by atoms with Crippen molar-refractivity contribution in [3.8, 4) is 5.75 Å². The summed E-state index contributed by atoms with van der Waals surface area (Å²) in [4.78, 5) is 0. The number of hydrogen-bond acceptors (Lipinski definition) is 4. The van der Waals surface area contributed by atoms with Gasteiger partial charge in [-0.3, -0.25) is 0 Å². The second-order valence-corrected chi connectivity index (χ2v) is 6.67. The van der Waals surface area contributed by atoms with Gasteiger partial charge in [0.25, 0.3) is 0 Å². The molecule has 0 spiro atoms. The lowest BCUT2D eigenvalue weighted by molar-refractivity contribution is 0.0322. The molecular weight excluding hydrogens is 390 g/mol. The smallest absolute Gasteiger partial charge is 0.147 e. The van der Waals surface area contributed by atoms with E-state index in [1.165, 1.54) is 18.4 Å². The minimum atomic E-state index is -0.630. The first-order valence-electron chi connectivity index (χ1n) is 6.61. The van der Waals surface area contributed by atoms with Gasteiger partial charge in [0.2, 0.25) is 0 Å². The maximum Gasteiger partial charge on any atom is 0.147 e. The lowest BCUT2D eigenvalue weighted by Crippen LogP contribution is -2.22. The van der Waals surface area contributed by atoms with E-state index in [1.54, 1.807) is 7.11 Å². The van der Waals surface area contributed by atoms with Crippen LogP contribution in [0.5, 0.6) is 5.75 Å². The third-order valence-corrected chi connectivity index (χ3v) is 4.19. The monoisotopic (exact) mass is 407 g/mol. The molecular formula is C14H19Br2NO3. The van der Waals surface area contributed by atoms with Gasteiger partial charge < -0.3 is 19.9 Å². The minimum Gasteiger partial charge on any atom is -0.488 e. The second kappa shape index (κ2) is 7.75. The Morgan fingerprint density at radius 2 is 1.95 bits per heavy atom. The molecule has 1 saturated carbocycles. The molecule has 112 valence electrons. The number of benzene rings is 1. The standard InChI is InChI=1S/C14H19Br2NO3/c1-19-7-11(18)8-20-14-12(15)4-9(5-13(14)16)6-17-10-2-3-10/h4-5,10-11,17-18H,2-3,6-8H2,1H3. The molecule has 1 aliphatic rings. The molecule has 1 aromatic carbocycles. The molecule has 0 heterocycles. The van der Waals surface area contributed by atoms with E-state index in [0.29, 0.717) is 11.8 Å². The summed E-state index contributed by atoms with van der Waals surface area (Å²) in [5, 5.41) is 13.1. The molecule has 2 N–H and O–H groups in total. The number of methoxy groups -OCH3 is 1. The summed E-state index contributed by atoms with van der Waals surface area (Å²) in [7, 11) is 1.55. The summed E-state index contributed by atoms with van der Waals surface area (Å²) >= 11 is 7.03. The molecule has 1 atom stereocenters. The van der Waals surface area contributed by atoms with Crippen molar-refractivity contribution < 1.29 is 14.6 Å². The van der Waals surface area contributed by atoms with Crippen LogP contribution < -0.4 is 10.1 Å². The topological polar surface area (TPSA) is 50.7 Å². The van der Waals surface area contributed by atoms with Gasteiger partial charge in [-0.2, -0.15) is 0 Å². The Labute approximate surface area is 136 Å². The van der Waals surface area contributed by atoms with Crippen molar-refractivity contribution >= 4 is 31.9 Å².